The van der Waals surface area contributed by atoms with Gasteiger partial charge >= 0.3 is 0 Å². The second-order valence-corrected chi connectivity index (χ2v) is 16.6. The smallest absolute Gasteiger partial charge is 0.160 e. The van der Waals surface area contributed by atoms with Crippen molar-refractivity contribution in [3.05, 3.63) is 247 Å². The Balaban J connectivity index is 1.01. The number of para-hydroxylation sites is 1. The van der Waals surface area contributed by atoms with E-state index in [1.54, 1.807) is 0 Å². The monoisotopic (exact) mass is 799 g/mol. The molecule has 9 aromatic carbocycles. The first-order valence-electron chi connectivity index (χ1n) is 21.6. The van der Waals surface area contributed by atoms with Gasteiger partial charge in [-0.3, -0.25) is 0 Å². The standard InChI is InChI=1S/C60H37N3/c1-3-16-38(17-4-1)39-30-32-41(33-31-39)55-37-54(40-18-5-2-6-19-40)62-59(63-55)43-21-15-20-42(36-43)58-48-34-35-52-57(56(48)47-25-10-14-29-53(47)61-58)46-24-9-13-28-51(46)60(52)49-26-11-7-22-44(49)45-23-8-12-27-50(45)60/h1-37H. The minimum atomic E-state index is -0.432. The Morgan fingerprint density at radius 2 is 0.810 bits per heavy atom. The van der Waals surface area contributed by atoms with Gasteiger partial charge in [0.05, 0.1) is 28.0 Å². The normalized spacial score (nSPS) is 12.9. The van der Waals surface area contributed by atoms with Crippen molar-refractivity contribution in [1.82, 2.24) is 15.0 Å². The summed E-state index contributed by atoms with van der Waals surface area (Å²) in [4.78, 5) is 16.0. The second-order valence-electron chi connectivity index (χ2n) is 16.6. The molecule has 0 radical (unpaired) electrons. The fourth-order valence-corrected chi connectivity index (χ4v) is 10.6. The molecule has 0 bridgehead atoms. The molecule has 0 atom stereocenters. The highest BCUT2D eigenvalue weighted by molar-refractivity contribution is 6.20. The van der Waals surface area contributed by atoms with Gasteiger partial charge in [0.25, 0.3) is 0 Å². The topological polar surface area (TPSA) is 38.7 Å². The molecule has 63 heavy (non-hydrogen) atoms. The van der Waals surface area contributed by atoms with Gasteiger partial charge < -0.3 is 0 Å². The van der Waals surface area contributed by atoms with E-state index in [2.05, 4.69) is 212 Å². The zero-order chi connectivity index (χ0) is 41.5. The van der Waals surface area contributed by atoms with Crippen molar-refractivity contribution in [3.8, 4) is 78.5 Å². The molecule has 0 aliphatic heterocycles. The molecule has 3 nitrogen and oxygen atoms in total. The van der Waals surface area contributed by atoms with Gasteiger partial charge in [0, 0.05) is 38.4 Å². The van der Waals surface area contributed by atoms with Crippen LogP contribution in [0.15, 0.2) is 224 Å². The van der Waals surface area contributed by atoms with Crippen molar-refractivity contribution in [2.75, 3.05) is 0 Å². The van der Waals surface area contributed by atoms with E-state index in [0.29, 0.717) is 5.82 Å². The van der Waals surface area contributed by atoms with E-state index in [0.717, 1.165) is 55.6 Å². The summed E-state index contributed by atoms with van der Waals surface area (Å²) in [6.07, 6.45) is 0. The number of nitrogens with zero attached hydrogens (tertiary/aromatic N) is 3. The third kappa shape index (κ3) is 5.30. The van der Waals surface area contributed by atoms with Crippen LogP contribution in [0.2, 0.25) is 0 Å². The summed E-state index contributed by atoms with van der Waals surface area (Å²) in [5, 5.41) is 3.50. The van der Waals surface area contributed by atoms with Gasteiger partial charge in [-0.15, -0.1) is 0 Å². The summed E-state index contributed by atoms with van der Waals surface area (Å²) >= 11 is 0. The number of hydrogen-bond donors (Lipinski definition) is 0. The lowest BCUT2D eigenvalue weighted by Gasteiger charge is -2.30. The third-order valence-corrected chi connectivity index (χ3v) is 13.3. The van der Waals surface area contributed by atoms with Gasteiger partial charge in [-0.25, -0.2) is 15.0 Å². The van der Waals surface area contributed by atoms with Crippen molar-refractivity contribution in [3.63, 3.8) is 0 Å². The third-order valence-electron chi connectivity index (χ3n) is 13.3. The summed E-state index contributed by atoms with van der Waals surface area (Å²) in [6, 6.07) is 80.7. The Labute approximate surface area is 365 Å². The predicted octanol–water partition coefficient (Wildman–Crippen LogP) is 14.9. The molecule has 13 rings (SSSR count). The molecule has 2 aromatic heterocycles. The average molecular weight is 800 g/mol. The van der Waals surface area contributed by atoms with E-state index in [1.807, 2.05) is 12.1 Å². The SMILES string of the molecule is c1ccc(-c2ccc(-c3cc(-c4ccccc4)nc(-c4cccc(-c5nc6ccccc6c6c7c(ccc56)C5(c6ccccc6-c6ccccc65)c5ccccc5-7)c4)n3)cc2)cc1. The molecule has 2 heterocycles. The molecule has 3 heteroatoms. The highest BCUT2D eigenvalue weighted by atomic mass is 14.9. The first kappa shape index (κ1) is 35.5. The maximum Gasteiger partial charge on any atom is 0.160 e. The van der Waals surface area contributed by atoms with E-state index in [-0.39, 0.29) is 0 Å². The highest BCUT2D eigenvalue weighted by Gasteiger charge is 2.52. The number of aromatic nitrogens is 3. The number of fused-ring (bicyclic) bond motifs is 14. The maximum absolute atomic E-state index is 5.47. The predicted molar refractivity (Wildman–Crippen MR) is 258 cm³/mol. The van der Waals surface area contributed by atoms with Gasteiger partial charge in [-0.05, 0) is 73.8 Å². The first-order valence-corrected chi connectivity index (χ1v) is 21.6. The van der Waals surface area contributed by atoms with Gasteiger partial charge in [0.2, 0.25) is 0 Å². The minimum Gasteiger partial charge on any atom is -0.247 e. The van der Waals surface area contributed by atoms with Crippen molar-refractivity contribution < 1.29 is 0 Å². The Kier molecular flexibility index (Phi) is 7.82. The fraction of sp³-hybridized carbons (Fsp3) is 0.0167. The molecule has 0 N–H and O–H groups in total. The van der Waals surface area contributed by atoms with E-state index in [1.165, 1.54) is 61.0 Å². The summed E-state index contributed by atoms with van der Waals surface area (Å²) in [5.41, 5.74) is 20.1. The van der Waals surface area contributed by atoms with Crippen LogP contribution in [0.25, 0.3) is 100 Å². The highest BCUT2D eigenvalue weighted by Crippen LogP contribution is 2.64. The molecule has 1 spiro atoms. The lowest BCUT2D eigenvalue weighted by molar-refractivity contribution is 0.794. The molecule has 2 aliphatic carbocycles. The lowest BCUT2D eigenvalue weighted by Crippen LogP contribution is -2.25. The summed E-state index contributed by atoms with van der Waals surface area (Å²) < 4.78 is 0. The quantitative estimate of drug-likeness (QED) is 0.163. The maximum atomic E-state index is 5.47. The summed E-state index contributed by atoms with van der Waals surface area (Å²) in [7, 11) is 0. The Hall–Kier alpha value is -8.27. The molecule has 0 unspecified atom stereocenters. The molecule has 11 aromatic rings. The van der Waals surface area contributed by atoms with Crippen LogP contribution < -0.4 is 0 Å². The number of pyridine rings is 1. The van der Waals surface area contributed by atoms with Crippen molar-refractivity contribution in [2.24, 2.45) is 0 Å². The van der Waals surface area contributed by atoms with Gasteiger partial charge in [-0.1, -0.05) is 206 Å². The first-order chi connectivity index (χ1) is 31.2. The van der Waals surface area contributed by atoms with Crippen molar-refractivity contribution in [2.45, 2.75) is 5.41 Å². The van der Waals surface area contributed by atoms with Crippen LogP contribution in [0.3, 0.4) is 0 Å². The van der Waals surface area contributed by atoms with Gasteiger partial charge in [0.1, 0.15) is 0 Å². The molecule has 0 amide bonds. The lowest BCUT2D eigenvalue weighted by atomic mass is 9.70. The van der Waals surface area contributed by atoms with Crippen LogP contribution >= 0.6 is 0 Å². The van der Waals surface area contributed by atoms with Crippen molar-refractivity contribution in [1.29, 1.82) is 0 Å². The molecule has 0 saturated heterocycles. The Morgan fingerprint density at radius 3 is 1.51 bits per heavy atom. The largest absolute Gasteiger partial charge is 0.247 e. The Morgan fingerprint density at radius 1 is 0.302 bits per heavy atom. The van der Waals surface area contributed by atoms with E-state index >= 15 is 0 Å². The van der Waals surface area contributed by atoms with Crippen LogP contribution in [0.1, 0.15) is 22.3 Å². The number of hydrogen-bond acceptors (Lipinski definition) is 3. The van der Waals surface area contributed by atoms with Crippen LogP contribution in [0.5, 0.6) is 0 Å². The van der Waals surface area contributed by atoms with Crippen molar-refractivity contribution >= 4 is 21.7 Å². The minimum absolute atomic E-state index is 0.432. The fourth-order valence-electron chi connectivity index (χ4n) is 10.6. The van der Waals surface area contributed by atoms with Gasteiger partial charge in [0.15, 0.2) is 5.82 Å². The van der Waals surface area contributed by atoms with E-state index in [4.69, 9.17) is 15.0 Å². The summed E-state index contributed by atoms with van der Waals surface area (Å²) in [6.45, 7) is 0. The second kappa shape index (κ2) is 13.9. The van der Waals surface area contributed by atoms with E-state index < -0.39 is 5.41 Å². The number of rotatable bonds is 5. The molecule has 0 saturated carbocycles. The van der Waals surface area contributed by atoms with E-state index in [9.17, 15) is 0 Å². The Bertz CT molecular complexity index is 3570. The zero-order valence-electron chi connectivity index (χ0n) is 34.2. The van der Waals surface area contributed by atoms with Crippen LogP contribution in [0, 0.1) is 0 Å². The molecule has 2 aliphatic rings. The molecular weight excluding hydrogens is 763 g/mol. The molecule has 0 fully saturated rings. The van der Waals surface area contributed by atoms with Crippen LogP contribution in [-0.2, 0) is 5.41 Å². The average Bonchev–Trinajstić information content (AvgIpc) is 3.84. The van der Waals surface area contributed by atoms with Crippen LogP contribution in [-0.4, -0.2) is 15.0 Å². The zero-order valence-corrected chi connectivity index (χ0v) is 34.2. The molecular formula is C60H37N3. The van der Waals surface area contributed by atoms with Crippen LogP contribution in [0.4, 0.5) is 0 Å². The van der Waals surface area contributed by atoms with Gasteiger partial charge in [-0.2, -0.15) is 0 Å². The number of benzene rings is 9. The summed E-state index contributed by atoms with van der Waals surface area (Å²) in [5.74, 6) is 0.667. The molecule has 292 valence electrons.